The second-order valence-electron chi connectivity index (χ2n) is 6.41. The smallest absolute Gasteiger partial charge is 0.407 e. The SMILES string of the molecule is O=C(Cn1c(=O)oc2cc([N+](=O)[O-])ccc21)Nc1ccnn1Cc1ccc(Cl)cc1. The van der Waals surface area contributed by atoms with Gasteiger partial charge in [0.15, 0.2) is 5.58 Å². The van der Waals surface area contributed by atoms with E-state index in [1.165, 1.54) is 12.1 Å². The van der Waals surface area contributed by atoms with Crippen LogP contribution in [-0.4, -0.2) is 25.2 Å². The van der Waals surface area contributed by atoms with E-state index >= 15 is 0 Å². The highest BCUT2D eigenvalue weighted by molar-refractivity contribution is 6.30. The number of nitro groups is 1. The second kappa shape index (κ2) is 7.84. The molecule has 2 aromatic heterocycles. The topological polar surface area (TPSA) is 125 Å². The van der Waals surface area contributed by atoms with E-state index < -0.39 is 16.6 Å². The van der Waals surface area contributed by atoms with Crippen molar-refractivity contribution in [1.82, 2.24) is 14.3 Å². The Morgan fingerprint density at radius 2 is 1.97 bits per heavy atom. The quantitative estimate of drug-likeness (QED) is 0.372. The Morgan fingerprint density at radius 3 is 2.70 bits per heavy atom. The van der Waals surface area contributed by atoms with E-state index in [0.717, 1.165) is 16.2 Å². The van der Waals surface area contributed by atoms with E-state index in [9.17, 15) is 19.7 Å². The van der Waals surface area contributed by atoms with E-state index in [1.807, 2.05) is 12.1 Å². The van der Waals surface area contributed by atoms with Crippen molar-refractivity contribution in [3.05, 3.63) is 86.0 Å². The van der Waals surface area contributed by atoms with Crippen LogP contribution < -0.4 is 11.1 Å². The highest BCUT2D eigenvalue weighted by Crippen LogP contribution is 2.20. The number of halogens is 1. The van der Waals surface area contributed by atoms with Gasteiger partial charge < -0.3 is 9.73 Å². The van der Waals surface area contributed by atoms with Crippen LogP contribution in [0.2, 0.25) is 5.02 Å². The number of amides is 1. The first-order valence-corrected chi connectivity index (χ1v) is 9.12. The maximum atomic E-state index is 12.5. The van der Waals surface area contributed by atoms with E-state index in [4.69, 9.17) is 16.0 Å². The summed E-state index contributed by atoms with van der Waals surface area (Å²) < 4.78 is 7.74. The monoisotopic (exact) mass is 427 g/mol. The maximum Gasteiger partial charge on any atom is 0.420 e. The number of benzene rings is 2. The van der Waals surface area contributed by atoms with Gasteiger partial charge in [0.1, 0.15) is 12.4 Å². The van der Waals surface area contributed by atoms with Crippen LogP contribution in [-0.2, 0) is 17.9 Å². The van der Waals surface area contributed by atoms with Crippen LogP contribution in [0.3, 0.4) is 0 Å². The zero-order chi connectivity index (χ0) is 21.3. The molecule has 4 aromatic rings. The van der Waals surface area contributed by atoms with Gasteiger partial charge in [0.2, 0.25) is 5.91 Å². The first-order chi connectivity index (χ1) is 14.4. The van der Waals surface area contributed by atoms with Crippen LogP contribution >= 0.6 is 11.6 Å². The minimum Gasteiger partial charge on any atom is -0.407 e. The normalized spacial score (nSPS) is 11.0. The summed E-state index contributed by atoms with van der Waals surface area (Å²) in [4.78, 5) is 34.9. The summed E-state index contributed by atoms with van der Waals surface area (Å²) in [6.07, 6.45) is 1.55. The van der Waals surface area contributed by atoms with Gasteiger partial charge in [-0.25, -0.2) is 9.48 Å². The summed E-state index contributed by atoms with van der Waals surface area (Å²) in [5.41, 5.74) is 1.06. The molecule has 2 heterocycles. The fourth-order valence-corrected chi connectivity index (χ4v) is 3.10. The number of fused-ring (bicyclic) bond motifs is 1. The highest BCUT2D eigenvalue weighted by atomic mass is 35.5. The van der Waals surface area contributed by atoms with E-state index in [0.29, 0.717) is 17.4 Å². The van der Waals surface area contributed by atoms with Crippen molar-refractivity contribution in [3.8, 4) is 0 Å². The molecule has 1 amide bonds. The molecule has 1 N–H and O–H groups in total. The lowest BCUT2D eigenvalue weighted by atomic mass is 10.2. The average Bonchev–Trinajstić information content (AvgIpc) is 3.27. The molecule has 0 aliphatic carbocycles. The van der Waals surface area contributed by atoms with E-state index in [1.54, 1.807) is 29.1 Å². The molecule has 0 unspecified atom stereocenters. The molecule has 10 nitrogen and oxygen atoms in total. The number of nitrogens with zero attached hydrogens (tertiary/aromatic N) is 4. The zero-order valence-electron chi connectivity index (χ0n) is 15.3. The molecule has 152 valence electrons. The second-order valence-corrected chi connectivity index (χ2v) is 6.85. The molecule has 0 atom stereocenters. The highest BCUT2D eigenvalue weighted by Gasteiger charge is 2.17. The summed E-state index contributed by atoms with van der Waals surface area (Å²) in [6, 6.07) is 12.6. The molecule has 4 rings (SSSR count). The van der Waals surface area contributed by atoms with E-state index in [2.05, 4.69) is 10.4 Å². The summed E-state index contributed by atoms with van der Waals surface area (Å²) in [7, 11) is 0. The fraction of sp³-hybridized carbons (Fsp3) is 0.105. The minimum absolute atomic E-state index is 0.0368. The molecule has 0 bridgehead atoms. The lowest BCUT2D eigenvalue weighted by molar-refractivity contribution is -0.384. The van der Waals surface area contributed by atoms with Crippen molar-refractivity contribution in [1.29, 1.82) is 0 Å². The van der Waals surface area contributed by atoms with Gasteiger partial charge >= 0.3 is 5.76 Å². The summed E-state index contributed by atoms with van der Waals surface area (Å²) in [5, 5.41) is 18.4. The van der Waals surface area contributed by atoms with Crippen LogP contribution in [0.25, 0.3) is 11.1 Å². The van der Waals surface area contributed by atoms with Gasteiger partial charge in [-0.05, 0) is 23.8 Å². The molecular formula is C19H14ClN5O5. The van der Waals surface area contributed by atoms with Crippen LogP contribution in [0.15, 0.2) is 63.9 Å². The van der Waals surface area contributed by atoms with Crippen molar-refractivity contribution in [2.45, 2.75) is 13.1 Å². The van der Waals surface area contributed by atoms with Crippen molar-refractivity contribution in [3.63, 3.8) is 0 Å². The Hall–Kier alpha value is -3.92. The summed E-state index contributed by atoms with van der Waals surface area (Å²) in [5.74, 6) is -0.808. The molecule has 30 heavy (non-hydrogen) atoms. The Morgan fingerprint density at radius 1 is 1.20 bits per heavy atom. The third-order valence-electron chi connectivity index (χ3n) is 4.39. The average molecular weight is 428 g/mol. The molecule has 0 saturated carbocycles. The number of hydrogen-bond donors (Lipinski definition) is 1. The number of oxazole rings is 1. The number of nitrogens with one attached hydrogen (secondary N) is 1. The largest absolute Gasteiger partial charge is 0.420 e. The van der Waals surface area contributed by atoms with E-state index in [-0.39, 0.29) is 23.3 Å². The Labute approximate surface area is 173 Å². The van der Waals surface area contributed by atoms with Crippen molar-refractivity contribution >= 4 is 40.1 Å². The van der Waals surface area contributed by atoms with Gasteiger partial charge in [-0.1, -0.05) is 23.7 Å². The summed E-state index contributed by atoms with van der Waals surface area (Å²) >= 11 is 5.89. The fourth-order valence-electron chi connectivity index (χ4n) is 2.97. The summed E-state index contributed by atoms with van der Waals surface area (Å²) in [6.45, 7) is 0.0911. The predicted molar refractivity (Wildman–Crippen MR) is 109 cm³/mol. The Bertz CT molecular complexity index is 1310. The van der Waals surface area contributed by atoms with Crippen LogP contribution in [0.5, 0.6) is 0 Å². The third-order valence-corrected chi connectivity index (χ3v) is 4.65. The number of anilines is 1. The number of nitro benzene ring substituents is 1. The number of non-ortho nitro benzene ring substituents is 1. The number of rotatable bonds is 6. The maximum absolute atomic E-state index is 12.5. The molecule has 2 aromatic carbocycles. The molecule has 0 fully saturated rings. The number of aromatic nitrogens is 3. The van der Waals surface area contributed by atoms with Gasteiger partial charge in [0.25, 0.3) is 5.69 Å². The lowest BCUT2D eigenvalue weighted by Crippen LogP contribution is -2.25. The number of carbonyl (C=O) groups is 1. The van der Waals surface area contributed by atoms with Gasteiger partial charge in [0.05, 0.1) is 29.2 Å². The van der Waals surface area contributed by atoms with Gasteiger partial charge in [-0.3, -0.25) is 19.5 Å². The van der Waals surface area contributed by atoms with Crippen molar-refractivity contribution < 1.29 is 14.1 Å². The first kappa shape index (κ1) is 19.4. The lowest BCUT2D eigenvalue weighted by Gasteiger charge is -2.09. The molecule has 0 spiro atoms. The first-order valence-electron chi connectivity index (χ1n) is 8.74. The minimum atomic E-state index is -0.782. The molecule has 0 aliphatic rings. The van der Waals surface area contributed by atoms with Gasteiger partial charge in [-0.2, -0.15) is 5.10 Å². The van der Waals surface area contributed by atoms with Gasteiger partial charge in [0, 0.05) is 17.2 Å². The predicted octanol–water partition coefficient (Wildman–Crippen LogP) is 3.04. The molecule has 0 radical (unpaired) electrons. The number of hydrogen-bond acceptors (Lipinski definition) is 6. The number of carbonyl (C=O) groups excluding carboxylic acids is 1. The zero-order valence-corrected chi connectivity index (χ0v) is 16.1. The van der Waals surface area contributed by atoms with Gasteiger partial charge in [-0.15, -0.1) is 0 Å². The molecule has 11 heteroatoms. The van der Waals surface area contributed by atoms with Crippen molar-refractivity contribution in [2.75, 3.05) is 5.32 Å². The Balaban J connectivity index is 1.51. The molecule has 0 saturated heterocycles. The standard InChI is InChI=1S/C19H14ClN5O5/c20-13-3-1-12(2-4-13)10-24-17(7-8-21-24)22-18(26)11-23-15-6-5-14(25(28)29)9-16(15)30-19(23)27/h1-9H,10-11H2,(H,22,26). The van der Waals surface area contributed by atoms with Crippen molar-refractivity contribution in [2.24, 2.45) is 0 Å². The van der Waals surface area contributed by atoms with Crippen LogP contribution in [0.1, 0.15) is 5.56 Å². The third kappa shape index (κ3) is 3.94. The van der Waals surface area contributed by atoms with Crippen LogP contribution in [0.4, 0.5) is 11.5 Å². The Kier molecular flexibility index (Phi) is 5.07. The van der Waals surface area contributed by atoms with Crippen LogP contribution in [0, 0.1) is 10.1 Å². The molecule has 0 aliphatic heterocycles. The molecular weight excluding hydrogens is 414 g/mol.